The molecule has 1 aromatic heterocycles. The third-order valence-electron chi connectivity index (χ3n) is 4.66. The average Bonchev–Trinajstić information content (AvgIpc) is 2.96. The molecule has 2 N–H and O–H groups in total. The number of benzene rings is 1. The highest BCUT2D eigenvalue weighted by Crippen LogP contribution is 2.44. The van der Waals surface area contributed by atoms with E-state index < -0.39 is 5.97 Å². The molecule has 2 aromatic rings. The zero-order chi connectivity index (χ0) is 20.4. The van der Waals surface area contributed by atoms with Crippen LogP contribution in [0.4, 0.5) is 5.82 Å². The highest BCUT2D eigenvalue weighted by Gasteiger charge is 2.33. The first kappa shape index (κ1) is 19.5. The Hall–Kier alpha value is -3.23. The number of phenolic OH excluding ortho intramolecular Hbond substituents is 1. The lowest BCUT2D eigenvalue weighted by molar-refractivity contribution is -0.144. The average molecular weight is 389 g/mol. The summed E-state index contributed by atoms with van der Waals surface area (Å²) in [5.74, 6) is -0.104. The monoisotopic (exact) mass is 389 g/mol. The summed E-state index contributed by atoms with van der Waals surface area (Å²) in [6.07, 6.45) is 0.190. The van der Waals surface area contributed by atoms with Crippen LogP contribution in [-0.2, 0) is 20.9 Å². The van der Waals surface area contributed by atoms with Gasteiger partial charge in [-0.05, 0) is 31.5 Å². The van der Waals surface area contributed by atoms with E-state index >= 15 is 0 Å². The maximum Gasteiger partial charge on any atom is 0.327 e. The number of methoxy groups -OCH3 is 2. The first-order chi connectivity index (χ1) is 13.4. The van der Waals surface area contributed by atoms with Crippen molar-refractivity contribution in [3.8, 4) is 17.2 Å². The minimum absolute atomic E-state index is 0.0980. The zero-order valence-electron chi connectivity index (χ0n) is 16.2. The molecule has 0 radical (unpaired) electrons. The fourth-order valence-electron chi connectivity index (χ4n) is 3.46. The number of carbonyl (C=O) groups excluding carboxylic acids is 2. The van der Waals surface area contributed by atoms with Crippen LogP contribution < -0.4 is 14.8 Å². The summed E-state index contributed by atoms with van der Waals surface area (Å²) in [6, 6.07) is 3.35. The molecule has 0 fully saturated rings. The quantitative estimate of drug-likeness (QED) is 0.726. The molecule has 0 unspecified atom stereocenters. The number of phenols is 1. The third kappa shape index (κ3) is 3.47. The van der Waals surface area contributed by atoms with Crippen LogP contribution >= 0.6 is 0 Å². The molecule has 0 saturated heterocycles. The summed E-state index contributed by atoms with van der Waals surface area (Å²) in [5, 5.41) is 17.4. The maximum absolute atomic E-state index is 12.4. The first-order valence-electron chi connectivity index (χ1n) is 8.87. The number of rotatable bonds is 6. The van der Waals surface area contributed by atoms with E-state index in [2.05, 4.69) is 10.4 Å². The highest BCUT2D eigenvalue weighted by molar-refractivity contribution is 5.95. The van der Waals surface area contributed by atoms with Crippen LogP contribution in [0.1, 0.15) is 36.1 Å². The van der Waals surface area contributed by atoms with Gasteiger partial charge in [0.25, 0.3) is 0 Å². The van der Waals surface area contributed by atoms with Gasteiger partial charge in [0.05, 0.1) is 26.5 Å². The predicted molar refractivity (Wildman–Crippen MR) is 99.9 cm³/mol. The number of carbonyl (C=O) groups is 2. The first-order valence-corrected chi connectivity index (χ1v) is 8.87. The van der Waals surface area contributed by atoms with Crippen LogP contribution in [0.2, 0.25) is 0 Å². The number of hydrogen-bond acceptors (Lipinski definition) is 7. The summed E-state index contributed by atoms with van der Waals surface area (Å²) in [6.45, 7) is 3.72. The predicted octanol–water partition coefficient (Wildman–Crippen LogP) is 1.95. The number of ether oxygens (including phenoxy) is 3. The Labute approximate surface area is 162 Å². The lowest BCUT2D eigenvalue weighted by atomic mass is 9.85. The fourth-order valence-corrected chi connectivity index (χ4v) is 3.46. The van der Waals surface area contributed by atoms with Crippen molar-refractivity contribution in [2.24, 2.45) is 0 Å². The van der Waals surface area contributed by atoms with Gasteiger partial charge < -0.3 is 24.6 Å². The summed E-state index contributed by atoms with van der Waals surface area (Å²) >= 11 is 0. The van der Waals surface area contributed by atoms with Gasteiger partial charge in [-0.25, -0.2) is 4.68 Å². The molecular formula is C19H23N3O6. The lowest BCUT2D eigenvalue weighted by Gasteiger charge is -2.25. The molecule has 3 rings (SSSR count). The second kappa shape index (κ2) is 7.79. The standard InChI is InChI=1S/C19H23N3O6/c1-5-28-16(24)9-22-19-17(10(2)21-22)12(8-15(23)20-19)11-6-13(26-3)18(25)14(7-11)27-4/h6-7,12,25H,5,8-9H2,1-4H3,(H,20,23)/t12-/m0/s1. The smallest absolute Gasteiger partial charge is 0.327 e. The van der Waals surface area contributed by atoms with Crippen molar-refractivity contribution in [3.05, 3.63) is 29.0 Å². The zero-order valence-corrected chi connectivity index (χ0v) is 16.2. The molecule has 2 heterocycles. The number of fused-ring (bicyclic) bond motifs is 1. The Balaban J connectivity index is 2.08. The van der Waals surface area contributed by atoms with Crippen LogP contribution in [0, 0.1) is 6.92 Å². The molecule has 1 aromatic carbocycles. The molecule has 28 heavy (non-hydrogen) atoms. The number of esters is 1. The molecule has 1 amide bonds. The number of nitrogens with one attached hydrogen (secondary N) is 1. The number of aromatic nitrogens is 2. The second-order valence-electron chi connectivity index (χ2n) is 6.39. The Kier molecular flexibility index (Phi) is 5.43. The minimum Gasteiger partial charge on any atom is -0.502 e. The van der Waals surface area contributed by atoms with Gasteiger partial charge in [0.2, 0.25) is 11.7 Å². The molecular weight excluding hydrogens is 366 g/mol. The fraction of sp³-hybridized carbons (Fsp3) is 0.421. The van der Waals surface area contributed by atoms with Gasteiger partial charge in [-0.2, -0.15) is 5.10 Å². The van der Waals surface area contributed by atoms with Crippen molar-refractivity contribution in [1.82, 2.24) is 9.78 Å². The molecule has 0 aliphatic carbocycles. The lowest BCUT2D eigenvalue weighted by Crippen LogP contribution is -2.26. The van der Waals surface area contributed by atoms with E-state index in [4.69, 9.17) is 14.2 Å². The molecule has 150 valence electrons. The molecule has 1 atom stereocenters. The van der Waals surface area contributed by atoms with E-state index in [0.29, 0.717) is 11.5 Å². The third-order valence-corrected chi connectivity index (χ3v) is 4.66. The van der Waals surface area contributed by atoms with E-state index in [-0.39, 0.29) is 48.6 Å². The van der Waals surface area contributed by atoms with Crippen LogP contribution in [0.15, 0.2) is 12.1 Å². The van der Waals surface area contributed by atoms with E-state index in [0.717, 1.165) is 11.1 Å². The van der Waals surface area contributed by atoms with Gasteiger partial charge in [0, 0.05) is 17.9 Å². The summed E-state index contributed by atoms with van der Waals surface area (Å²) in [4.78, 5) is 24.3. The van der Waals surface area contributed by atoms with Crippen LogP contribution in [-0.4, -0.2) is 47.6 Å². The molecule has 9 heteroatoms. The van der Waals surface area contributed by atoms with Gasteiger partial charge >= 0.3 is 5.97 Å². The van der Waals surface area contributed by atoms with E-state index in [1.165, 1.54) is 18.9 Å². The van der Waals surface area contributed by atoms with Crippen LogP contribution in [0.3, 0.4) is 0 Å². The van der Waals surface area contributed by atoms with E-state index in [1.54, 1.807) is 19.1 Å². The minimum atomic E-state index is -0.433. The molecule has 0 saturated carbocycles. The van der Waals surface area contributed by atoms with Crippen LogP contribution in [0.25, 0.3) is 0 Å². The van der Waals surface area contributed by atoms with Crippen molar-refractivity contribution >= 4 is 17.7 Å². The number of hydrogen-bond donors (Lipinski definition) is 2. The van der Waals surface area contributed by atoms with Crippen molar-refractivity contribution in [3.63, 3.8) is 0 Å². The highest BCUT2D eigenvalue weighted by atomic mass is 16.5. The summed E-state index contributed by atoms with van der Waals surface area (Å²) in [7, 11) is 2.89. The molecule has 0 spiro atoms. The molecule has 1 aliphatic heterocycles. The molecule has 0 bridgehead atoms. The Bertz CT molecular complexity index is 896. The number of anilines is 1. The Morgan fingerprint density at radius 3 is 2.54 bits per heavy atom. The normalized spacial score (nSPS) is 15.6. The Morgan fingerprint density at radius 2 is 1.96 bits per heavy atom. The van der Waals surface area contributed by atoms with E-state index in [9.17, 15) is 14.7 Å². The van der Waals surface area contributed by atoms with E-state index in [1.807, 2.05) is 6.92 Å². The van der Waals surface area contributed by atoms with Crippen LogP contribution in [0.5, 0.6) is 17.2 Å². The van der Waals surface area contributed by atoms with Crippen molar-refractivity contribution < 1.29 is 28.9 Å². The maximum atomic E-state index is 12.4. The van der Waals surface area contributed by atoms with Crippen molar-refractivity contribution in [2.75, 3.05) is 26.1 Å². The van der Waals surface area contributed by atoms with Crippen molar-refractivity contribution in [1.29, 1.82) is 0 Å². The number of amides is 1. The van der Waals surface area contributed by atoms with Gasteiger partial charge in [-0.15, -0.1) is 0 Å². The van der Waals surface area contributed by atoms with Gasteiger partial charge in [-0.3, -0.25) is 9.59 Å². The van der Waals surface area contributed by atoms with Gasteiger partial charge in [0.1, 0.15) is 12.4 Å². The van der Waals surface area contributed by atoms with Gasteiger partial charge in [0.15, 0.2) is 11.5 Å². The number of aromatic hydroxyl groups is 1. The number of aryl methyl sites for hydroxylation is 1. The summed E-state index contributed by atoms with van der Waals surface area (Å²) in [5.41, 5.74) is 2.23. The number of nitrogens with zero attached hydrogens (tertiary/aromatic N) is 2. The molecule has 1 aliphatic rings. The summed E-state index contributed by atoms with van der Waals surface area (Å²) < 4.78 is 16.9. The largest absolute Gasteiger partial charge is 0.502 e. The second-order valence-corrected chi connectivity index (χ2v) is 6.39. The Morgan fingerprint density at radius 1 is 1.32 bits per heavy atom. The van der Waals surface area contributed by atoms with Crippen molar-refractivity contribution in [2.45, 2.75) is 32.7 Å². The van der Waals surface area contributed by atoms with Gasteiger partial charge in [-0.1, -0.05) is 0 Å². The SMILES string of the molecule is CCOC(=O)Cn1nc(C)c2c1NC(=O)C[C@H]2c1cc(OC)c(O)c(OC)c1. The topological polar surface area (TPSA) is 112 Å². The molecule has 9 nitrogen and oxygen atoms in total.